The molecule has 6 nitrogen and oxygen atoms in total. The van der Waals surface area contributed by atoms with Crippen LogP contribution in [0.15, 0.2) is 58.3 Å². The van der Waals surface area contributed by atoms with Crippen LogP contribution < -0.4 is 4.90 Å². The smallest absolute Gasteiger partial charge is 0.243 e. The van der Waals surface area contributed by atoms with Crippen LogP contribution in [0.3, 0.4) is 0 Å². The van der Waals surface area contributed by atoms with Gasteiger partial charge < -0.3 is 4.90 Å². The predicted molar refractivity (Wildman–Crippen MR) is 105 cm³/mol. The molecule has 0 spiro atoms. The molecule has 1 heterocycles. The minimum atomic E-state index is -3.81. The predicted octanol–water partition coefficient (Wildman–Crippen LogP) is 2.71. The molecule has 0 unspecified atom stereocenters. The van der Waals surface area contributed by atoms with Crippen LogP contribution >= 0.6 is 11.8 Å². The molecule has 0 N–H and O–H groups in total. The van der Waals surface area contributed by atoms with Crippen molar-refractivity contribution >= 4 is 33.4 Å². The van der Waals surface area contributed by atoms with Crippen molar-refractivity contribution in [3.63, 3.8) is 0 Å². The van der Waals surface area contributed by atoms with E-state index in [4.69, 9.17) is 5.26 Å². The van der Waals surface area contributed by atoms with Gasteiger partial charge in [0.25, 0.3) is 0 Å². The molecule has 0 atom stereocenters. The molecule has 0 aromatic heterocycles. The van der Waals surface area contributed by atoms with Gasteiger partial charge in [0.05, 0.1) is 28.8 Å². The minimum Gasteiger partial charge on any atom is -0.310 e. The van der Waals surface area contributed by atoms with Crippen LogP contribution in [0.4, 0.5) is 5.69 Å². The van der Waals surface area contributed by atoms with Crippen LogP contribution in [-0.4, -0.2) is 44.5 Å². The van der Waals surface area contributed by atoms with E-state index in [1.54, 1.807) is 16.7 Å². The molecular weight excluding hydrogens is 382 g/mol. The van der Waals surface area contributed by atoms with Gasteiger partial charge >= 0.3 is 0 Å². The second-order valence-electron chi connectivity index (χ2n) is 6.11. The Morgan fingerprint density at radius 3 is 2.63 bits per heavy atom. The maximum absolute atomic E-state index is 12.9. The number of likely N-dealkylation sites (N-methyl/N-ethyl adjacent to an activating group) is 1. The van der Waals surface area contributed by atoms with E-state index >= 15 is 0 Å². The number of benzene rings is 2. The lowest BCUT2D eigenvalue weighted by Gasteiger charge is -2.25. The van der Waals surface area contributed by atoms with E-state index in [1.165, 1.54) is 31.3 Å². The van der Waals surface area contributed by atoms with Crippen LogP contribution in [-0.2, 0) is 14.8 Å². The summed E-state index contributed by atoms with van der Waals surface area (Å²) in [6, 6.07) is 15.3. The zero-order chi connectivity index (χ0) is 19.4. The third-order valence-electron chi connectivity index (χ3n) is 4.29. The maximum atomic E-state index is 12.9. The van der Waals surface area contributed by atoms with Crippen molar-refractivity contribution in [3.8, 4) is 6.07 Å². The van der Waals surface area contributed by atoms with E-state index < -0.39 is 10.0 Å². The number of anilines is 1. The van der Waals surface area contributed by atoms with Gasteiger partial charge in [-0.05, 0) is 48.6 Å². The van der Waals surface area contributed by atoms with Gasteiger partial charge in [-0.3, -0.25) is 4.79 Å². The molecule has 1 aliphatic rings. The summed E-state index contributed by atoms with van der Waals surface area (Å²) in [6.07, 6.45) is 0.844. The third kappa shape index (κ3) is 4.16. The summed E-state index contributed by atoms with van der Waals surface area (Å²) in [5, 5.41) is 8.84. The van der Waals surface area contributed by atoms with Crippen molar-refractivity contribution in [1.29, 1.82) is 5.26 Å². The van der Waals surface area contributed by atoms with Crippen molar-refractivity contribution in [2.24, 2.45) is 0 Å². The Kier molecular flexibility index (Phi) is 5.85. The van der Waals surface area contributed by atoms with Crippen molar-refractivity contribution in [2.75, 3.05) is 30.8 Å². The van der Waals surface area contributed by atoms with Crippen molar-refractivity contribution in [3.05, 3.63) is 54.1 Å². The fourth-order valence-corrected chi connectivity index (χ4v) is 4.94. The molecule has 8 heteroatoms. The Bertz CT molecular complexity index is 982. The summed E-state index contributed by atoms with van der Waals surface area (Å²) >= 11 is 1.70. The zero-order valence-corrected chi connectivity index (χ0v) is 16.5. The van der Waals surface area contributed by atoms with E-state index in [0.717, 1.165) is 27.1 Å². The van der Waals surface area contributed by atoms with Gasteiger partial charge in [0.2, 0.25) is 15.9 Å². The SMILES string of the molecule is CN(CC(=O)N1CCCSc2ccccc21)S(=O)(=O)c1ccc(C#N)cc1. The van der Waals surface area contributed by atoms with Gasteiger partial charge in [-0.2, -0.15) is 9.57 Å². The summed E-state index contributed by atoms with van der Waals surface area (Å²) in [4.78, 5) is 15.6. The van der Waals surface area contributed by atoms with Gasteiger partial charge in [-0.25, -0.2) is 8.42 Å². The average Bonchev–Trinajstić information content (AvgIpc) is 2.90. The lowest BCUT2D eigenvalue weighted by atomic mass is 10.2. The summed E-state index contributed by atoms with van der Waals surface area (Å²) in [5.41, 5.74) is 1.21. The summed E-state index contributed by atoms with van der Waals surface area (Å²) < 4.78 is 26.5. The Balaban J connectivity index is 1.80. The quantitative estimate of drug-likeness (QED) is 0.787. The highest BCUT2D eigenvalue weighted by Gasteiger charge is 2.27. The average molecular weight is 402 g/mol. The van der Waals surface area contributed by atoms with E-state index in [9.17, 15) is 13.2 Å². The van der Waals surface area contributed by atoms with Gasteiger partial charge in [0, 0.05) is 18.5 Å². The number of sulfonamides is 1. The molecule has 3 rings (SSSR count). The number of hydrogen-bond donors (Lipinski definition) is 0. The second-order valence-corrected chi connectivity index (χ2v) is 9.29. The third-order valence-corrected chi connectivity index (χ3v) is 7.26. The maximum Gasteiger partial charge on any atom is 0.243 e. The molecule has 140 valence electrons. The molecule has 0 radical (unpaired) electrons. The monoisotopic (exact) mass is 401 g/mol. The first-order valence-electron chi connectivity index (χ1n) is 8.42. The number of hydrogen-bond acceptors (Lipinski definition) is 5. The fraction of sp³-hybridized carbons (Fsp3) is 0.263. The Morgan fingerprint density at radius 2 is 1.93 bits per heavy atom. The molecule has 0 saturated carbocycles. The van der Waals surface area contributed by atoms with Crippen molar-refractivity contribution in [1.82, 2.24) is 4.31 Å². The number of fused-ring (bicyclic) bond motifs is 1. The molecule has 2 aromatic carbocycles. The number of nitrogens with zero attached hydrogens (tertiary/aromatic N) is 3. The van der Waals surface area contributed by atoms with Crippen LogP contribution in [0, 0.1) is 11.3 Å². The van der Waals surface area contributed by atoms with Gasteiger partial charge in [0.15, 0.2) is 0 Å². The number of nitriles is 1. The van der Waals surface area contributed by atoms with E-state index in [0.29, 0.717) is 12.1 Å². The van der Waals surface area contributed by atoms with Crippen LogP contribution in [0.25, 0.3) is 0 Å². The van der Waals surface area contributed by atoms with Gasteiger partial charge in [-0.1, -0.05) is 12.1 Å². The largest absolute Gasteiger partial charge is 0.310 e. The van der Waals surface area contributed by atoms with Crippen molar-refractivity contribution in [2.45, 2.75) is 16.2 Å². The Labute approximate surface area is 163 Å². The molecule has 1 amide bonds. The van der Waals surface area contributed by atoms with E-state index in [1.807, 2.05) is 30.3 Å². The number of carbonyl (C=O) groups is 1. The minimum absolute atomic E-state index is 0.0589. The summed E-state index contributed by atoms with van der Waals surface area (Å²) in [7, 11) is -2.42. The van der Waals surface area contributed by atoms with Crippen molar-refractivity contribution < 1.29 is 13.2 Å². The first-order chi connectivity index (χ1) is 12.9. The summed E-state index contributed by atoms with van der Waals surface area (Å²) in [5.74, 6) is 0.657. The topological polar surface area (TPSA) is 81.5 Å². The molecule has 0 bridgehead atoms. The van der Waals surface area contributed by atoms with Crippen LogP contribution in [0.5, 0.6) is 0 Å². The second kappa shape index (κ2) is 8.13. The number of amides is 1. The Hall–Kier alpha value is -2.34. The highest BCUT2D eigenvalue weighted by Crippen LogP contribution is 2.33. The standard InChI is InChI=1S/C19H19N3O3S2/c1-21(27(24,25)16-9-7-15(13-20)8-10-16)14-19(23)22-11-4-12-26-18-6-3-2-5-17(18)22/h2-3,5-10H,4,11-12,14H2,1H3. The number of carbonyl (C=O) groups excluding carboxylic acids is 1. The number of thioether (sulfide) groups is 1. The number of rotatable bonds is 4. The lowest BCUT2D eigenvalue weighted by Crippen LogP contribution is -2.41. The molecule has 27 heavy (non-hydrogen) atoms. The lowest BCUT2D eigenvalue weighted by molar-refractivity contribution is -0.118. The fourth-order valence-electron chi connectivity index (χ4n) is 2.83. The highest BCUT2D eigenvalue weighted by molar-refractivity contribution is 7.99. The molecular formula is C19H19N3O3S2. The molecule has 2 aromatic rings. The molecule has 0 aliphatic carbocycles. The van der Waals surface area contributed by atoms with Crippen LogP contribution in [0.1, 0.15) is 12.0 Å². The van der Waals surface area contributed by atoms with E-state index in [2.05, 4.69) is 0 Å². The van der Waals surface area contributed by atoms with Gasteiger partial charge in [0.1, 0.15) is 0 Å². The highest BCUT2D eigenvalue weighted by atomic mass is 32.2. The molecule has 1 aliphatic heterocycles. The van der Waals surface area contributed by atoms with Gasteiger partial charge in [-0.15, -0.1) is 11.8 Å². The zero-order valence-electron chi connectivity index (χ0n) is 14.8. The first kappa shape index (κ1) is 19.4. The molecule has 0 saturated heterocycles. The number of para-hydroxylation sites is 1. The normalized spacial score (nSPS) is 14.3. The Morgan fingerprint density at radius 1 is 1.22 bits per heavy atom. The first-order valence-corrected chi connectivity index (χ1v) is 10.8. The van der Waals surface area contributed by atoms with E-state index in [-0.39, 0.29) is 17.3 Å². The summed E-state index contributed by atoms with van der Waals surface area (Å²) in [6.45, 7) is 0.314. The van der Waals surface area contributed by atoms with Crippen LogP contribution in [0.2, 0.25) is 0 Å². The molecule has 0 fully saturated rings.